The summed E-state index contributed by atoms with van der Waals surface area (Å²) in [7, 11) is 0. The Morgan fingerprint density at radius 1 is 1.29 bits per heavy atom. The lowest BCUT2D eigenvalue weighted by molar-refractivity contribution is -0.389. The molecular formula is C13H17N3O5. The average molecular weight is 295 g/mol. The number of hydrogen-bond acceptors (Lipinski definition) is 4. The first-order chi connectivity index (χ1) is 9.99. The van der Waals surface area contributed by atoms with Crippen LogP contribution in [0.2, 0.25) is 0 Å². The van der Waals surface area contributed by atoms with Crippen LogP contribution >= 0.6 is 0 Å². The quantitative estimate of drug-likeness (QED) is 0.442. The topological polar surface area (TPSA) is 125 Å². The second kappa shape index (κ2) is 6.38. The van der Waals surface area contributed by atoms with Gasteiger partial charge in [0.05, 0.1) is 5.92 Å². The van der Waals surface area contributed by atoms with Crippen molar-refractivity contribution in [2.45, 2.75) is 38.1 Å². The van der Waals surface area contributed by atoms with Crippen molar-refractivity contribution in [2.24, 2.45) is 5.92 Å². The number of carbonyl (C=O) groups excluding carboxylic acids is 1. The lowest BCUT2D eigenvalue weighted by atomic mass is 9.95. The fourth-order valence-corrected chi connectivity index (χ4v) is 2.64. The zero-order chi connectivity index (χ0) is 15.4. The molecule has 1 aliphatic carbocycles. The van der Waals surface area contributed by atoms with Crippen LogP contribution in [0.4, 0.5) is 5.82 Å². The molecule has 8 nitrogen and oxygen atoms in total. The molecular weight excluding hydrogens is 278 g/mol. The Bertz CT molecular complexity index is 554. The molecule has 8 heteroatoms. The molecule has 2 atom stereocenters. The van der Waals surface area contributed by atoms with Crippen LogP contribution in [-0.4, -0.2) is 32.9 Å². The van der Waals surface area contributed by atoms with Crippen LogP contribution in [0.1, 0.15) is 42.6 Å². The Labute approximate surface area is 120 Å². The summed E-state index contributed by atoms with van der Waals surface area (Å²) in [4.78, 5) is 35.7. The first-order valence-electron chi connectivity index (χ1n) is 6.86. The second-order valence-corrected chi connectivity index (χ2v) is 5.18. The molecule has 1 amide bonds. The molecule has 1 heterocycles. The molecule has 2 rings (SSSR count). The van der Waals surface area contributed by atoms with E-state index in [0.717, 1.165) is 19.3 Å². The van der Waals surface area contributed by atoms with Crippen molar-refractivity contribution in [3.63, 3.8) is 0 Å². The summed E-state index contributed by atoms with van der Waals surface area (Å²) in [5.74, 6) is -2.31. The highest BCUT2D eigenvalue weighted by Gasteiger charge is 2.31. The third-order valence-electron chi connectivity index (χ3n) is 3.76. The number of nitro groups is 1. The van der Waals surface area contributed by atoms with Crippen molar-refractivity contribution in [3.8, 4) is 0 Å². The van der Waals surface area contributed by atoms with Crippen LogP contribution in [0.3, 0.4) is 0 Å². The number of carboxylic acids is 1. The zero-order valence-corrected chi connectivity index (χ0v) is 11.4. The zero-order valence-electron chi connectivity index (χ0n) is 11.4. The third kappa shape index (κ3) is 3.59. The predicted molar refractivity (Wildman–Crippen MR) is 72.9 cm³/mol. The molecule has 1 aromatic heterocycles. The summed E-state index contributed by atoms with van der Waals surface area (Å²) in [6.07, 6.45) is 3.78. The van der Waals surface area contributed by atoms with Gasteiger partial charge in [0, 0.05) is 12.1 Å². The SMILES string of the molecule is O=C(NC1CCCCCC1C(=O)O)c1ccc([N+](=O)[O-])[nH]1. The molecule has 21 heavy (non-hydrogen) atoms. The van der Waals surface area contributed by atoms with Crippen LogP contribution in [0.15, 0.2) is 12.1 Å². The maximum atomic E-state index is 12.1. The van der Waals surface area contributed by atoms with Crippen molar-refractivity contribution in [2.75, 3.05) is 0 Å². The molecule has 1 aliphatic rings. The lowest BCUT2D eigenvalue weighted by Crippen LogP contribution is -2.42. The molecule has 0 radical (unpaired) electrons. The Hall–Kier alpha value is -2.38. The highest BCUT2D eigenvalue weighted by atomic mass is 16.6. The van der Waals surface area contributed by atoms with Crippen LogP contribution in [0.5, 0.6) is 0 Å². The molecule has 0 bridgehead atoms. The van der Waals surface area contributed by atoms with Gasteiger partial charge in [-0.05, 0) is 23.8 Å². The largest absolute Gasteiger partial charge is 0.481 e. The number of aromatic amines is 1. The lowest BCUT2D eigenvalue weighted by Gasteiger charge is -2.22. The number of H-pyrrole nitrogens is 1. The molecule has 2 unspecified atom stereocenters. The van der Waals surface area contributed by atoms with E-state index >= 15 is 0 Å². The smallest absolute Gasteiger partial charge is 0.321 e. The van der Waals surface area contributed by atoms with E-state index in [1.807, 2.05) is 0 Å². The van der Waals surface area contributed by atoms with E-state index in [0.29, 0.717) is 12.8 Å². The van der Waals surface area contributed by atoms with Gasteiger partial charge >= 0.3 is 11.8 Å². The van der Waals surface area contributed by atoms with Crippen molar-refractivity contribution in [1.29, 1.82) is 0 Å². The number of aliphatic carboxylic acids is 1. The van der Waals surface area contributed by atoms with Crippen molar-refractivity contribution in [1.82, 2.24) is 10.3 Å². The number of rotatable bonds is 4. The van der Waals surface area contributed by atoms with Gasteiger partial charge in [0.1, 0.15) is 0 Å². The van der Waals surface area contributed by atoms with Gasteiger partial charge in [0.25, 0.3) is 5.91 Å². The maximum absolute atomic E-state index is 12.1. The van der Waals surface area contributed by atoms with Crippen molar-refractivity contribution < 1.29 is 19.6 Å². The summed E-state index contributed by atoms with van der Waals surface area (Å²) in [5.41, 5.74) is 0.0649. The summed E-state index contributed by atoms with van der Waals surface area (Å²) in [6.45, 7) is 0. The fourth-order valence-electron chi connectivity index (χ4n) is 2.64. The normalized spacial score (nSPS) is 22.3. The van der Waals surface area contributed by atoms with E-state index in [4.69, 9.17) is 0 Å². The standard InChI is InChI=1S/C13H17N3O5/c17-12(10-6-7-11(14-10)16(20)21)15-9-5-3-1-2-4-8(9)13(18)19/h6-9,14H,1-5H2,(H,15,17)(H,18,19). The first kappa shape index (κ1) is 15.0. The number of carbonyl (C=O) groups is 2. The predicted octanol–water partition coefficient (Wildman–Crippen LogP) is 1.69. The highest BCUT2D eigenvalue weighted by Crippen LogP contribution is 2.24. The van der Waals surface area contributed by atoms with Gasteiger partial charge in [-0.3, -0.25) is 9.59 Å². The second-order valence-electron chi connectivity index (χ2n) is 5.18. The third-order valence-corrected chi connectivity index (χ3v) is 3.76. The molecule has 3 N–H and O–H groups in total. The summed E-state index contributed by atoms with van der Waals surface area (Å²) >= 11 is 0. The Morgan fingerprint density at radius 2 is 2.00 bits per heavy atom. The fraction of sp³-hybridized carbons (Fsp3) is 0.538. The Balaban J connectivity index is 2.08. The van der Waals surface area contributed by atoms with E-state index in [1.54, 1.807) is 0 Å². The van der Waals surface area contributed by atoms with Crippen molar-refractivity contribution >= 4 is 17.7 Å². The molecule has 1 saturated carbocycles. The first-order valence-corrected chi connectivity index (χ1v) is 6.86. The molecule has 0 aliphatic heterocycles. The van der Waals surface area contributed by atoms with Crippen LogP contribution in [0.25, 0.3) is 0 Å². The van der Waals surface area contributed by atoms with E-state index in [9.17, 15) is 24.8 Å². The number of nitrogens with zero attached hydrogens (tertiary/aromatic N) is 1. The number of carboxylic acid groups (broad SMARTS) is 1. The molecule has 0 aromatic carbocycles. The summed E-state index contributed by atoms with van der Waals surface area (Å²) in [5, 5.41) is 22.5. The van der Waals surface area contributed by atoms with Crippen molar-refractivity contribution in [3.05, 3.63) is 27.9 Å². The maximum Gasteiger partial charge on any atom is 0.321 e. The molecule has 0 spiro atoms. The van der Waals surface area contributed by atoms with E-state index < -0.39 is 28.8 Å². The summed E-state index contributed by atoms with van der Waals surface area (Å²) < 4.78 is 0. The van der Waals surface area contributed by atoms with Crippen LogP contribution < -0.4 is 5.32 Å². The molecule has 0 saturated heterocycles. The summed E-state index contributed by atoms with van der Waals surface area (Å²) in [6, 6.07) is 2.08. The minimum Gasteiger partial charge on any atom is -0.481 e. The molecule has 114 valence electrons. The average Bonchev–Trinajstić information content (AvgIpc) is 2.81. The number of hydrogen-bond donors (Lipinski definition) is 3. The van der Waals surface area contributed by atoms with Crippen LogP contribution in [-0.2, 0) is 4.79 Å². The van der Waals surface area contributed by atoms with E-state index in [2.05, 4.69) is 10.3 Å². The number of aromatic nitrogens is 1. The Kier molecular flexibility index (Phi) is 4.56. The minimum absolute atomic E-state index is 0.0649. The molecule has 1 fully saturated rings. The van der Waals surface area contributed by atoms with Gasteiger partial charge in [-0.2, -0.15) is 0 Å². The highest BCUT2D eigenvalue weighted by molar-refractivity contribution is 5.93. The number of amides is 1. The van der Waals surface area contributed by atoms with Gasteiger partial charge in [0.2, 0.25) is 0 Å². The van der Waals surface area contributed by atoms with Gasteiger partial charge in [-0.15, -0.1) is 0 Å². The van der Waals surface area contributed by atoms with Gasteiger partial charge in [-0.1, -0.05) is 19.3 Å². The number of nitrogens with one attached hydrogen (secondary N) is 2. The monoisotopic (exact) mass is 295 g/mol. The molecule has 1 aromatic rings. The minimum atomic E-state index is -0.917. The van der Waals surface area contributed by atoms with E-state index in [-0.39, 0.29) is 11.5 Å². The van der Waals surface area contributed by atoms with E-state index in [1.165, 1.54) is 12.1 Å². The Morgan fingerprint density at radius 3 is 2.62 bits per heavy atom. The van der Waals surface area contributed by atoms with Crippen LogP contribution in [0, 0.1) is 16.0 Å². The van der Waals surface area contributed by atoms with Gasteiger partial charge in [-0.25, -0.2) is 4.98 Å². The van der Waals surface area contributed by atoms with Gasteiger partial charge in [0.15, 0.2) is 5.69 Å². The van der Waals surface area contributed by atoms with Gasteiger partial charge < -0.3 is 20.5 Å².